The van der Waals surface area contributed by atoms with Gasteiger partial charge in [-0.1, -0.05) is 60.7 Å². The predicted molar refractivity (Wildman–Crippen MR) is 152 cm³/mol. The number of phenolic OH excluding ortho intramolecular Hbond substituents is 2. The zero-order chi connectivity index (χ0) is 30.7. The number of rotatable bonds is 8. The first kappa shape index (κ1) is 28.4. The molecular formula is C33H22O10. The Kier molecular flexibility index (Phi) is 7.51. The highest BCUT2D eigenvalue weighted by atomic mass is 16.6. The van der Waals surface area contributed by atoms with Crippen LogP contribution in [0.15, 0.2) is 109 Å². The Hall–Kier alpha value is -6.16. The molecule has 0 spiro atoms. The number of carboxylic acids is 2. The number of hydrogen-bond acceptors (Lipinski definition) is 8. The van der Waals surface area contributed by atoms with Gasteiger partial charge < -0.3 is 29.9 Å². The fourth-order valence-corrected chi connectivity index (χ4v) is 5.25. The molecule has 0 heterocycles. The van der Waals surface area contributed by atoms with Crippen LogP contribution < -0.4 is 9.47 Å². The summed E-state index contributed by atoms with van der Waals surface area (Å²) in [5.74, 6) is -6.11. The van der Waals surface area contributed by atoms with Crippen LogP contribution in [0.25, 0.3) is 11.1 Å². The van der Waals surface area contributed by atoms with Gasteiger partial charge in [0.25, 0.3) is 0 Å². The van der Waals surface area contributed by atoms with Crippen LogP contribution >= 0.6 is 0 Å². The van der Waals surface area contributed by atoms with Crippen LogP contribution in [0.5, 0.6) is 23.0 Å². The van der Waals surface area contributed by atoms with Crippen LogP contribution in [-0.4, -0.2) is 44.3 Å². The van der Waals surface area contributed by atoms with E-state index in [1.54, 1.807) is 12.1 Å². The third-order valence-electron chi connectivity index (χ3n) is 6.88. The molecule has 0 aliphatic heterocycles. The monoisotopic (exact) mass is 578 g/mol. The highest BCUT2D eigenvalue weighted by Gasteiger charge is 2.46. The third-order valence-corrected chi connectivity index (χ3v) is 6.88. The summed E-state index contributed by atoms with van der Waals surface area (Å²) >= 11 is 0. The van der Waals surface area contributed by atoms with Crippen molar-refractivity contribution in [2.24, 2.45) is 0 Å². The summed E-state index contributed by atoms with van der Waals surface area (Å²) < 4.78 is 10.7. The van der Waals surface area contributed by atoms with E-state index in [1.807, 2.05) is 48.5 Å². The highest BCUT2D eigenvalue weighted by molar-refractivity contribution is 5.94. The van der Waals surface area contributed by atoms with E-state index in [0.717, 1.165) is 22.3 Å². The van der Waals surface area contributed by atoms with Crippen molar-refractivity contribution in [2.75, 3.05) is 0 Å². The van der Waals surface area contributed by atoms with Gasteiger partial charge in [-0.3, -0.25) is 0 Å². The zero-order valence-corrected chi connectivity index (χ0v) is 22.1. The van der Waals surface area contributed by atoms with E-state index in [2.05, 4.69) is 0 Å². The van der Waals surface area contributed by atoms with E-state index >= 15 is 0 Å². The lowest BCUT2D eigenvalue weighted by Gasteiger charge is -2.34. The van der Waals surface area contributed by atoms with E-state index in [4.69, 9.17) is 19.7 Å². The van der Waals surface area contributed by atoms with Gasteiger partial charge in [-0.15, -0.1) is 0 Å². The number of ether oxygens (including phenoxy) is 2. The number of carboxylic acid groups (broad SMARTS) is 2. The van der Waals surface area contributed by atoms with Gasteiger partial charge in [0.1, 0.15) is 0 Å². The number of aromatic hydroxyl groups is 2. The Bertz CT molecular complexity index is 1800. The Morgan fingerprint density at radius 2 is 1.05 bits per heavy atom. The normalized spacial score (nSPS) is 12.9. The first-order valence-corrected chi connectivity index (χ1v) is 12.7. The maximum atomic E-state index is 12.6. The lowest BCUT2D eigenvalue weighted by Crippen LogP contribution is -2.28. The van der Waals surface area contributed by atoms with Crippen molar-refractivity contribution in [3.05, 3.63) is 131 Å². The Morgan fingerprint density at radius 3 is 1.58 bits per heavy atom. The van der Waals surface area contributed by atoms with Gasteiger partial charge in [0.2, 0.25) is 0 Å². The van der Waals surface area contributed by atoms with Crippen LogP contribution in [0.1, 0.15) is 22.3 Å². The van der Waals surface area contributed by atoms with E-state index < -0.39 is 29.3 Å². The van der Waals surface area contributed by atoms with Crippen molar-refractivity contribution in [1.29, 1.82) is 0 Å². The fourth-order valence-electron chi connectivity index (χ4n) is 5.25. The second-order valence-electron chi connectivity index (χ2n) is 9.39. The topological polar surface area (TPSA) is 168 Å². The molecule has 0 saturated heterocycles. The van der Waals surface area contributed by atoms with E-state index in [0.29, 0.717) is 35.4 Å². The molecule has 10 nitrogen and oxygen atoms in total. The lowest BCUT2D eigenvalue weighted by molar-refractivity contribution is -0.133. The first-order chi connectivity index (χ1) is 20.6. The van der Waals surface area contributed by atoms with Crippen LogP contribution in [0.4, 0.5) is 0 Å². The predicted octanol–water partition coefficient (Wildman–Crippen LogP) is 4.55. The molecule has 0 amide bonds. The van der Waals surface area contributed by atoms with Crippen molar-refractivity contribution in [1.82, 2.24) is 0 Å². The fraction of sp³-hybridized carbons (Fsp3) is 0.0303. The molecule has 0 unspecified atom stereocenters. The number of hydrogen-bond donors (Lipinski definition) is 4. The summed E-state index contributed by atoms with van der Waals surface area (Å²) in [7, 11) is 0. The van der Waals surface area contributed by atoms with Crippen LogP contribution in [0, 0.1) is 0 Å². The molecular weight excluding hydrogens is 556 g/mol. The Balaban J connectivity index is 1.76. The first-order valence-electron chi connectivity index (χ1n) is 12.7. The minimum Gasteiger partial charge on any atom is -0.504 e. The largest absolute Gasteiger partial charge is 0.504 e. The zero-order valence-electron chi connectivity index (χ0n) is 22.1. The average molecular weight is 579 g/mol. The van der Waals surface area contributed by atoms with Crippen LogP contribution in [0.2, 0.25) is 0 Å². The molecule has 0 saturated carbocycles. The van der Waals surface area contributed by atoms with Gasteiger partial charge in [0, 0.05) is 24.3 Å². The van der Waals surface area contributed by atoms with E-state index in [-0.39, 0.29) is 23.0 Å². The van der Waals surface area contributed by atoms with Gasteiger partial charge >= 0.3 is 23.9 Å². The molecule has 10 heteroatoms. The van der Waals surface area contributed by atoms with Crippen molar-refractivity contribution >= 4 is 23.9 Å². The van der Waals surface area contributed by atoms with Crippen LogP contribution in [0.3, 0.4) is 0 Å². The van der Waals surface area contributed by atoms with Crippen molar-refractivity contribution in [3.63, 3.8) is 0 Å². The molecule has 1 aliphatic carbocycles. The summed E-state index contributed by atoms with van der Waals surface area (Å²) in [5, 5.41) is 38.4. The number of benzene rings is 4. The van der Waals surface area contributed by atoms with Gasteiger partial charge in [0.05, 0.1) is 5.41 Å². The van der Waals surface area contributed by atoms with Crippen molar-refractivity contribution in [3.8, 4) is 34.1 Å². The van der Waals surface area contributed by atoms with Gasteiger partial charge in [-0.25, -0.2) is 19.2 Å². The maximum absolute atomic E-state index is 12.6. The summed E-state index contributed by atoms with van der Waals surface area (Å²) in [6, 6.07) is 24.0. The second kappa shape index (κ2) is 11.4. The summed E-state index contributed by atoms with van der Waals surface area (Å²) in [4.78, 5) is 46.7. The lowest BCUT2D eigenvalue weighted by atomic mass is 9.67. The summed E-state index contributed by atoms with van der Waals surface area (Å²) in [6.45, 7) is 0. The third kappa shape index (κ3) is 5.32. The smallest absolute Gasteiger partial charge is 0.336 e. The van der Waals surface area contributed by atoms with E-state index in [1.165, 1.54) is 24.3 Å². The SMILES string of the molecule is O=C(O)/C=C/C(=O)Oc1ccc(C2(c3ccc(O)c(O)c3)c3ccccc3-c3ccccc32)cc1OC(=O)/C=C/C(=O)O. The molecule has 4 aromatic carbocycles. The van der Waals surface area contributed by atoms with E-state index in [9.17, 15) is 29.4 Å². The van der Waals surface area contributed by atoms with Gasteiger partial charge in [-0.05, 0) is 57.6 Å². The van der Waals surface area contributed by atoms with Crippen molar-refractivity contribution in [2.45, 2.75) is 5.41 Å². The summed E-state index contributed by atoms with van der Waals surface area (Å²) in [5.41, 5.74) is 3.31. The number of carbonyl (C=O) groups excluding carboxylic acids is 2. The van der Waals surface area contributed by atoms with Crippen LogP contribution in [-0.2, 0) is 24.6 Å². The van der Waals surface area contributed by atoms with Crippen molar-refractivity contribution < 1.29 is 49.1 Å². The molecule has 5 rings (SSSR count). The molecule has 4 N–H and O–H groups in total. The molecule has 214 valence electrons. The number of carbonyl (C=O) groups is 4. The minimum atomic E-state index is -1.39. The quantitative estimate of drug-likeness (QED) is 0.0887. The number of esters is 2. The molecule has 4 aromatic rings. The number of phenols is 2. The van der Waals surface area contributed by atoms with Gasteiger partial charge in [0.15, 0.2) is 23.0 Å². The maximum Gasteiger partial charge on any atom is 0.336 e. The highest BCUT2D eigenvalue weighted by Crippen LogP contribution is 2.57. The summed E-state index contributed by atoms with van der Waals surface area (Å²) in [6.07, 6.45) is 2.52. The molecule has 0 fully saturated rings. The Morgan fingerprint density at radius 1 is 0.558 bits per heavy atom. The minimum absolute atomic E-state index is 0.246. The molecule has 0 atom stereocenters. The number of aliphatic carboxylic acids is 2. The van der Waals surface area contributed by atoms with Gasteiger partial charge in [-0.2, -0.15) is 0 Å². The molecule has 1 aliphatic rings. The standard InChI is InChI=1S/C33H22O10/c34-25-11-9-19(17-26(25)35)33(23-7-3-1-5-21(23)22-6-2-4-8-24(22)33)20-10-12-27(42-31(40)15-13-29(36)37)28(18-20)43-32(41)16-14-30(38)39/h1-18,34-35H,(H,36,37)(H,38,39)/b15-13+,16-14+. The molecule has 0 bridgehead atoms. The molecule has 43 heavy (non-hydrogen) atoms. The molecule has 0 aromatic heterocycles. The average Bonchev–Trinajstić information content (AvgIpc) is 3.28. The number of fused-ring (bicyclic) bond motifs is 3. The second-order valence-corrected chi connectivity index (χ2v) is 9.39. The Labute approximate surface area is 244 Å². The molecule has 0 radical (unpaired) electrons.